The molecule has 1 heterocycles. The second-order valence-corrected chi connectivity index (χ2v) is 6.79. The maximum atomic E-state index is 4.30. The van der Waals surface area contributed by atoms with Crippen LogP contribution in [0.25, 0.3) is 10.9 Å². The number of hydrogen-bond acceptors (Lipinski definition) is 1. The molecule has 0 saturated carbocycles. The number of benzene rings is 1. The Morgan fingerprint density at radius 1 is 1.21 bits per heavy atom. The van der Waals surface area contributed by atoms with E-state index in [-0.39, 0.29) is 3.74 Å². The molecule has 0 atom stereocenters. The molecule has 0 aliphatic rings. The predicted molar refractivity (Wildman–Crippen MR) is 70.0 cm³/mol. The van der Waals surface area contributed by atoms with Crippen LogP contribution in [-0.4, -0.2) is 4.98 Å². The van der Waals surface area contributed by atoms with Gasteiger partial charge >= 0.3 is 0 Å². The van der Waals surface area contributed by atoms with Gasteiger partial charge in [-0.05, 0) is 39.7 Å². The van der Waals surface area contributed by atoms with Crippen LogP contribution in [0.5, 0.6) is 0 Å². The van der Waals surface area contributed by atoms with E-state index in [1.54, 1.807) is 6.20 Å². The zero-order valence-electron chi connectivity index (χ0n) is 7.05. The Morgan fingerprint density at radius 2 is 2.00 bits per heavy atom. The topological polar surface area (TPSA) is 12.9 Å². The molecule has 2 rings (SSSR count). The Morgan fingerprint density at radius 3 is 2.71 bits per heavy atom. The van der Waals surface area contributed by atoms with Gasteiger partial charge in [-0.25, -0.2) is 0 Å². The Bertz CT molecular complexity index is 468. The molecule has 0 radical (unpaired) electrons. The van der Waals surface area contributed by atoms with Gasteiger partial charge in [0.25, 0.3) is 0 Å². The molecule has 1 aromatic carbocycles. The Hall–Kier alpha value is 0.0700. The van der Waals surface area contributed by atoms with Crippen molar-refractivity contribution in [2.45, 2.75) is 3.74 Å². The fourth-order valence-corrected chi connectivity index (χ4v) is 2.42. The summed E-state index contributed by atoms with van der Waals surface area (Å²) in [6.07, 6.45) is 1.80. The summed E-state index contributed by atoms with van der Waals surface area (Å²) in [4.78, 5) is 4.30. The number of halogens is 3. The maximum absolute atomic E-state index is 4.30. The van der Waals surface area contributed by atoms with Crippen molar-refractivity contribution in [3.05, 3.63) is 40.5 Å². The fraction of sp³-hybridized carbons (Fsp3) is 0.100. The second kappa shape index (κ2) is 4.29. The Labute approximate surface area is 107 Å². The van der Waals surface area contributed by atoms with Gasteiger partial charge < -0.3 is 0 Å². The normalized spacial score (nSPS) is 11.1. The van der Waals surface area contributed by atoms with E-state index in [1.165, 1.54) is 5.56 Å². The minimum absolute atomic E-state index is 0.177. The van der Waals surface area contributed by atoms with Crippen LogP contribution in [0, 0.1) is 0 Å². The van der Waals surface area contributed by atoms with Crippen LogP contribution in [0.15, 0.2) is 34.9 Å². The van der Waals surface area contributed by atoms with Crippen molar-refractivity contribution in [3.63, 3.8) is 0 Å². The van der Waals surface area contributed by atoms with Crippen LogP contribution in [0.3, 0.4) is 0 Å². The number of aromatic nitrogens is 1. The zero-order chi connectivity index (χ0) is 10.1. The Kier molecular flexibility index (Phi) is 3.24. The summed E-state index contributed by atoms with van der Waals surface area (Å²) in [5.74, 6) is 0. The van der Waals surface area contributed by atoms with Gasteiger partial charge in [-0.3, -0.25) is 4.98 Å². The third kappa shape index (κ3) is 2.02. The average molecular weight is 380 g/mol. The van der Waals surface area contributed by atoms with Crippen molar-refractivity contribution < 1.29 is 0 Å². The van der Waals surface area contributed by atoms with E-state index >= 15 is 0 Å². The summed E-state index contributed by atoms with van der Waals surface area (Å²) in [6, 6.07) is 8.17. The smallest absolute Gasteiger partial charge is 0.0947 e. The van der Waals surface area contributed by atoms with Gasteiger partial charge in [0.1, 0.15) is 0 Å². The van der Waals surface area contributed by atoms with E-state index in [1.807, 2.05) is 6.07 Å². The summed E-state index contributed by atoms with van der Waals surface area (Å²) in [5, 5.41) is 1.14. The lowest BCUT2D eigenvalue weighted by Gasteiger charge is -2.05. The molecule has 0 saturated heterocycles. The van der Waals surface area contributed by atoms with Crippen LogP contribution in [0.2, 0.25) is 0 Å². The highest BCUT2D eigenvalue weighted by atomic mass is 79.9. The van der Waals surface area contributed by atoms with Gasteiger partial charge in [-0.2, -0.15) is 0 Å². The number of fused-ring (bicyclic) bond motifs is 1. The first kappa shape index (κ1) is 10.6. The third-order valence-electron chi connectivity index (χ3n) is 1.93. The van der Waals surface area contributed by atoms with Gasteiger partial charge in [0.05, 0.1) is 9.25 Å². The molecule has 0 N–H and O–H groups in total. The monoisotopic (exact) mass is 377 g/mol. The minimum Gasteiger partial charge on any atom is -0.255 e. The first-order valence-electron chi connectivity index (χ1n) is 4.01. The second-order valence-electron chi connectivity index (χ2n) is 2.88. The number of hydrogen-bond donors (Lipinski definition) is 0. The summed E-state index contributed by atoms with van der Waals surface area (Å²) in [7, 11) is 0. The SMILES string of the molecule is Brc1cc(C(Br)Br)cc2cccnc12. The fourth-order valence-electron chi connectivity index (χ4n) is 1.30. The molecule has 0 spiro atoms. The van der Waals surface area contributed by atoms with Crippen LogP contribution in [0.1, 0.15) is 9.30 Å². The molecule has 1 aromatic heterocycles. The Balaban J connectivity index is 2.72. The van der Waals surface area contributed by atoms with Gasteiger partial charge in [0, 0.05) is 16.1 Å². The quantitative estimate of drug-likeness (QED) is 0.649. The van der Waals surface area contributed by atoms with Crippen LogP contribution in [0.4, 0.5) is 0 Å². The third-order valence-corrected chi connectivity index (χ3v) is 3.59. The molecule has 72 valence electrons. The zero-order valence-corrected chi connectivity index (χ0v) is 11.8. The standard InChI is InChI=1S/C10H6Br3N/c11-8-5-7(10(12)13)4-6-2-1-3-14-9(6)8/h1-5,10H. The summed E-state index contributed by atoms with van der Waals surface area (Å²) in [6.45, 7) is 0. The van der Waals surface area contributed by atoms with Crippen molar-refractivity contribution in [2.24, 2.45) is 0 Å². The van der Waals surface area contributed by atoms with E-state index in [9.17, 15) is 0 Å². The van der Waals surface area contributed by atoms with Gasteiger partial charge in [-0.15, -0.1) is 0 Å². The van der Waals surface area contributed by atoms with Crippen molar-refractivity contribution in [3.8, 4) is 0 Å². The molecule has 0 aliphatic carbocycles. The highest BCUT2D eigenvalue weighted by Crippen LogP contribution is 2.34. The largest absolute Gasteiger partial charge is 0.255 e. The molecule has 0 unspecified atom stereocenters. The molecule has 0 fully saturated rings. The van der Waals surface area contributed by atoms with Crippen LogP contribution >= 0.6 is 47.8 Å². The summed E-state index contributed by atoms with van der Waals surface area (Å²) in [5.41, 5.74) is 2.18. The van der Waals surface area contributed by atoms with Crippen molar-refractivity contribution in [1.82, 2.24) is 4.98 Å². The van der Waals surface area contributed by atoms with E-state index < -0.39 is 0 Å². The molecule has 0 bridgehead atoms. The highest BCUT2D eigenvalue weighted by molar-refractivity contribution is 9.24. The highest BCUT2D eigenvalue weighted by Gasteiger charge is 2.07. The summed E-state index contributed by atoms with van der Waals surface area (Å²) >= 11 is 10.5. The number of nitrogens with zero attached hydrogens (tertiary/aromatic N) is 1. The van der Waals surface area contributed by atoms with E-state index in [0.29, 0.717) is 0 Å². The minimum atomic E-state index is 0.177. The maximum Gasteiger partial charge on any atom is 0.0947 e. The molecule has 0 amide bonds. The molecule has 4 heteroatoms. The number of pyridine rings is 1. The van der Waals surface area contributed by atoms with Crippen molar-refractivity contribution in [2.75, 3.05) is 0 Å². The lowest BCUT2D eigenvalue weighted by atomic mass is 10.1. The molecular formula is C10H6Br3N. The first-order valence-corrected chi connectivity index (χ1v) is 6.63. The van der Waals surface area contributed by atoms with E-state index in [4.69, 9.17) is 0 Å². The van der Waals surface area contributed by atoms with Gasteiger partial charge in [0.15, 0.2) is 0 Å². The van der Waals surface area contributed by atoms with Crippen LogP contribution in [-0.2, 0) is 0 Å². The van der Waals surface area contributed by atoms with Crippen molar-refractivity contribution in [1.29, 1.82) is 0 Å². The molecule has 14 heavy (non-hydrogen) atoms. The van der Waals surface area contributed by atoms with Gasteiger partial charge in [-0.1, -0.05) is 37.9 Å². The lowest BCUT2D eigenvalue weighted by molar-refractivity contribution is 1.37. The van der Waals surface area contributed by atoms with Crippen LogP contribution < -0.4 is 0 Å². The predicted octanol–water partition coefficient (Wildman–Crippen LogP) is 4.79. The first-order chi connectivity index (χ1) is 6.68. The molecule has 0 aliphatic heterocycles. The van der Waals surface area contributed by atoms with E-state index in [2.05, 4.69) is 71.0 Å². The number of rotatable bonds is 1. The van der Waals surface area contributed by atoms with Gasteiger partial charge in [0.2, 0.25) is 0 Å². The molecule has 2 aromatic rings. The van der Waals surface area contributed by atoms with Crippen molar-refractivity contribution >= 4 is 58.7 Å². The summed E-state index contributed by atoms with van der Waals surface area (Å²) < 4.78 is 1.20. The van der Waals surface area contributed by atoms with E-state index in [0.717, 1.165) is 15.4 Å². The lowest BCUT2D eigenvalue weighted by Crippen LogP contribution is -1.85. The molecular weight excluding hydrogens is 374 g/mol. The number of alkyl halides is 2. The molecule has 1 nitrogen and oxygen atoms in total. The average Bonchev–Trinajstić information content (AvgIpc) is 2.17.